The maximum atomic E-state index is 12.7. The van der Waals surface area contributed by atoms with Crippen molar-refractivity contribution >= 4 is 56.8 Å². The molecule has 0 bridgehead atoms. The molecule has 0 saturated heterocycles. The van der Waals surface area contributed by atoms with Crippen LogP contribution in [0.4, 0.5) is 5.69 Å². The van der Waals surface area contributed by atoms with Crippen LogP contribution < -0.4 is 14.8 Å². The number of benzene rings is 3. The van der Waals surface area contributed by atoms with Crippen molar-refractivity contribution in [2.24, 2.45) is 0 Å². The van der Waals surface area contributed by atoms with Gasteiger partial charge in [-0.25, -0.2) is 0 Å². The van der Waals surface area contributed by atoms with Gasteiger partial charge in [0.15, 0.2) is 11.5 Å². The Morgan fingerprint density at radius 2 is 1.71 bits per heavy atom. The van der Waals surface area contributed by atoms with Gasteiger partial charge in [0.2, 0.25) is 0 Å². The van der Waals surface area contributed by atoms with Crippen LogP contribution in [0.3, 0.4) is 0 Å². The number of halogens is 2. The van der Waals surface area contributed by atoms with Crippen LogP contribution in [-0.4, -0.2) is 13.0 Å². The first-order valence-corrected chi connectivity index (χ1v) is 10.8. The Labute approximate surface area is 191 Å². The number of para-hydroxylation sites is 1. The summed E-state index contributed by atoms with van der Waals surface area (Å²) in [6.45, 7) is 2.48. The number of rotatable bonds is 6. The van der Waals surface area contributed by atoms with E-state index < -0.39 is 0 Å². The van der Waals surface area contributed by atoms with Gasteiger partial charge in [0.05, 0.1) is 16.4 Å². The van der Waals surface area contributed by atoms with E-state index >= 15 is 0 Å². The number of anilines is 1. The summed E-state index contributed by atoms with van der Waals surface area (Å²) in [5.74, 6) is 0.979. The molecule has 3 aromatic rings. The minimum absolute atomic E-state index is 0.189. The largest absolute Gasteiger partial charge is 0.493 e. The minimum Gasteiger partial charge on any atom is -0.493 e. The Morgan fingerprint density at radius 1 is 1.00 bits per heavy atom. The van der Waals surface area contributed by atoms with Crippen molar-refractivity contribution in [2.45, 2.75) is 13.5 Å². The summed E-state index contributed by atoms with van der Waals surface area (Å²) in [7, 11) is 1.58. The number of nitrogens with one attached hydrogen (secondary N) is 1. The second-order valence-electron chi connectivity index (χ2n) is 6.20. The Kier molecular flexibility index (Phi) is 7.17. The van der Waals surface area contributed by atoms with Gasteiger partial charge in [0.1, 0.15) is 6.61 Å². The predicted molar refractivity (Wildman–Crippen MR) is 128 cm³/mol. The summed E-state index contributed by atoms with van der Waals surface area (Å²) >= 11 is 4.36. The quantitative estimate of drug-likeness (QED) is 0.352. The number of ether oxygens (including phenoxy) is 2. The highest BCUT2D eigenvalue weighted by molar-refractivity contribution is 14.1. The molecule has 3 aromatic carbocycles. The van der Waals surface area contributed by atoms with Crippen molar-refractivity contribution in [3.8, 4) is 11.5 Å². The van der Waals surface area contributed by atoms with Crippen molar-refractivity contribution in [2.75, 3.05) is 12.4 Å². The Balaban J connectivity index is 1.79. The zero-order chi connectivity index (χ0) is 20.1. The third-order valence-electron chi connectivity index (χ3n) is 4.12. The summed E-state index contributed by atoms with van der Waals surface area (Å²) in [6.07, 6.45) is 0. The second kappa shape index (κ2) is 9.60. The third kappa shape index (κ3) is 5.16. The average molecular weight is 599 g/mol. The summed E-state index contributed by atoms with van der Waals surface area (Å²) < 4.78 is 13.3. The number of hydrogen-bond acceptors (Lipinski definition) is 3. The SMILES string of the molecule is COc1cc(C(=O)Nc2ccccc2I)cc(I)c1OCc1ccc(C)cc1. The van der Waals surface area contributed by atoms with Crippen LogP contribution in [0.1, 0.15) is 21.5 Å². The molecule has 0 aromatic heterocycles. The van der Waals surface area contributed by atoms with Gasteiger partial charge in [-0.1, -0.05) is 42.0 Å². The number of hydrogen-bond donors (Lipinski definition) is 1. The summed E-state index contributed by atoms with van der Waals surface area (Å²) in [4.78, 5) is 12.7. The molecule has 0 radical (unpaired) electrons. The fraction of sp³-hybridized carbons (Fsp3) is 0.136. The standard InChI is InChI=1S/C22H19I2NO3/c1-14-7-9-15(10-8-14)13-28-21-18(24)11-16(12-20(21)27-2)22(26)25-19-6-4-3-5-17(19)23/h3-12H,13H2,1-2H3,(H,25,26). The highest BCUT2D eigenvalue weighted by Gasteiger charge is 2.16. The maximum absolute atomic E-state index is 12.7. The summed E-state index contributed by atoms with van der Waals surface area (Å²) in [6, 6.07) is 19.3. The van der Waals surface area contributed by atoms with E-state index in [2.05, 4.69) is 69.6 Å². The molecular formula is C22H19I2NO3. The van der Waals surface area contributed by atoms with Crippen LogP contribution in [0.2, 0.25) is 0 Å². The lowest BCUT2D eigenvalue weighted by atomic mass is 10.1. The molecule has 6 heteroatoms. The molecule has 0 heterocycles. The molecule has 0 aliphatic rings. The molecule has 0 unspecified atom stereocenters. The molecule has 4 nitrogen and oxygen atoms in total. The fourth-order valence-electron chi connectivity index (χ4n) is 2.59. The lowest BCUT2D eigenvalue weighted by molar-refractivity contribution is 0.102. The molecule has 144 valence electrons. The van der Waals surface area contributed by atoms with E-state index in [1.807, 2.05) is 36.4 Å². The van der Waals surface area contributed by atoms with Gasteiger partial charge in [0.25, 0.3) is 5.91 Å². The van der Waals surface area contributed by atoms with Crippen molar-refractivity contribution in [1.82, 2.24) is 0 Å². The van der Waals surface area contributed by atoms with Crippen LogP contribution in [0.15, 0.2) is 60.7 Å². The number of methoxy groups -OCH3 is 1. The zero-order valence-corrected chi connectivity index (χ0v) is 19.8. The van der Waals surface area contributed by atoms with Crippen LogP contribution in [0, 0.1) is 14.1 Å². The van der Waals surface area contributed by atoms with Gasteiger partial charge in [-0.3, -0.25) is 4.79 Å². The minimum atomic E-state index is -0.189. The summed E-state index contributed by atoms with van der Waals surface area (Å²) in [5, 5.41) is 2.94. The van der Waals surface area contributed by atoms with E-state index in [4.69, 9.17) is 9.47 Å². The van der Waals surface area contributed by atoms with Crippen LogP contribution >= 0.6 is 45.2 Å². The van der Waals surface area contributed by atoms with Gasteiger partial charge in [-0.15, -0.1) is 0 Å². The normalized spacial score (nSPS) is 10.4. The smallest absolute Gasteiger partial charge is 0.255 e. The molecule has 0 aliphatic carbocycles. The van der Waals surface area contributed by atoms with E-state index in [1.165, 1.54) is 5.56 Å². The van der Waals surface area contributed by atoms with Crippen LogP contribution in [0.25, 0.3) is 0 Å². The van der Waals surface area contributed by atoms with E-state index in [0.29, 0.717) is 23.7 Å². The molecule has 0 spiro atoms. The lowest BCUT2D eigenvalue weighted by Gasteiger charge is -2.15. The monoisotopic (exact) mass is 599 g/mol. The van der Waals surface area contributed by atoms with Crippen LogP contribution in [-0.2, 0) is 6.61 Å². The Bertz CT molecular complexity index is 988. The molecule has 28 heavy (non-hydrogen) atoms. The Hall–Kier alpha value is -1.81. The van der Waals surface area contributed by atoms with Gasteiger partial charge in [0, 0.05) is 9.13 Å². The first-order chi connectivity index (χ1) is 13.5. The lowest BCUT2D eigenvalue weighted by Crippen LogP contribution is -2.13. The van der Waals surface area contributed by atoms with E-state index in [9.17, 15) is 4.79 Å². The second-order valence-corrected chi connectivity index (χ2v) is 8.52. The van der Waals surface area contributed by atoms with E-state index in [0.717, 1.165) is 18.4 Å². The summed E-state index contributed by atoms with van der Waals surface area (Å²) in [5.41, 5.74) is 3.58. The molecule has 3 rings (SSSR count). The molecule has 0 atom stereocenters. The number of aryl methyl sites for hydroxylation is 1. The molecule has 0 fully saturated rings. The number of carbonyl (C=O) groups excluding carboxylic acids is 1. The zero-order valence-electron chi connectivity index (χ0n) is 15.5. The third-order valence-corrected chi connectivity index (χ3v) is 5.86. The average Bonchev–Trinajstić information content (AvgIpc) is 2.69. The first kappa shape index (κ1) is 20.9. The number of carbonyl (C=O) groups is 1. The van der Waals surface area contributed by atoms with Crippen LogP contribution in [0.5, 0.6) is 11.5 Å². The van der Waals surface area contributed by atoms with Crippen molar-refractivity contribution < 1.29 is 14.3 Å². The molecule has 0 saturated carbocycles. The van der Waals surface area contributed by atoms with Gasteiger partial charge >= 0.3 is 0 Å². The molecule has 0 aliphatic heterocycles. The van der Waals surface area contributed by atoms with E-state index in [1.54, 1.807) is 19.2 Å². The predicted octanol–water partition coefficient (Wildman–Crippen LogP) is 6.04. The van der Waals surface area contributed by atoms with Gasteiger partial charge < -0.3 is 14.8 Å². The first-order valence-electron chi connectivity index (χ1n) is 8.59. The van der Waals surface area contributed by atoms with Crippen molar-refractivity contribution in [3.63, 3.8) is 0 Å². The highest BCUT2D eigenvalue weighted by atomic mass is 127. The molecule has 1 amide bonds. The van der Waals surface area contributed by atoms with Crippen molar-refractivity contribution in [1.29, 1.82) is 0 Å². The molecule has 1 N–H and O–H groups in total. The Morgan fingerprint density at radius 3 is 2.39 bits per heavy atom. The maximum Gasteiger partial charge on any atom is 0.255 e. The highest BCUT2D eigenvalue weighted by Crippen LogP contribution is 2.35. The topological polar surface area (TPSA) is 47.6 Å². The van der Waals surface area contributed by atoms with Gasteiger partial charge in [-0.05, 0) is 81.9 Å². The number of amides is 1. The van der Waals surface area contributed by atoms with Gasteiger partial charge in [-0.2, -0.15) is 0 Å². The van der Waals surface area contributed by atoms with E-state index in [-0.39, 0.29) is 5.91 Å². The fourth-order valence-corrected chi connectivity index (χ4v) is 3.87. The molecular weight excluding hydrogens is 580 g/mol. The van der Waals surface area contributed by atoms with Crippen molar-refractivity contribution in [3.05, 3.63) is 84.5 Å².